The molecule has 0 saturated carbocycles. The molecule has 0 bridgehead atoms. The second-order valence-electron chi connectivity index (χ2n) is 5.69. The van der Waals surface area contributed by atoms with Crippen LogP contribution in [0, 0.1) is 13.8 Å². The Kier molecular flexibility index (Phi) is 5.01. The smallest absolute Gasteiger partial charge is 0.343 e. The minimum Gasteiger partial charge on any atom is -0.495 e. The van der Waals surface area contributed by atoms with E-state index in [9.17, 15) is 8.42 Å². The number of hydrogen-bond donors (Lipinski definition) is 0. The Morgan fingerprint density at radius 1 is 1.04 bits per heavy atom. The minimum absolute atomic E-state index is 0.0487. The lowest BCUT2D eigenvalue weighted by molar-refractivity contribution is 0.397. The summed E-state index contributed by atoms with van der Waals surface area (Å²) < 4.78 is 36.4. The van der Waals surface area contributed by atoms with Crippen molar-refractivity contribution in [2.45, 2.75) is 18.7 Å². The van der Waals surface area contributed by atoms with Gasteiger partial charge in [0.15, 0.2) is 5.75 Å². The number of hydrogen-bond acceptors (Lipinski definition) is 5. The van der Waals surface area contributed by atoms with Crippen molar-refractivity contribution in [2.75, 3.05) is 7.11 Å². The predicted molar refractivity (Wildman–Crippen MR) is 102 cm³/mol. The Labute approximate surface area is 161 Å². The highest BCUT2D eigenvalue weighted by Crippen LogP contribution is 2.39. The van der Waals surface area contributed by atoms with Gasteiger partial charge in [0, 0.05) is 11.6 Å². The summed E-state index contributed by atoms with van der Waals surface area (Å²) in [5.74, 6) is 0.113. The van der Waals surface area contributed by atoms with E-state index in [1.165, 1.54) is 25.4 Å². The maximum absolute atomic E-state index is 12.9. The van der Waals surface area contributed by atoms with E-state index in [0.717, 1.165) is 11.1 Å². The topological polar surface area (TPSA) is 65.5 Å². The van der Waals surface area contributed by atoms with Crippen LogP contribution < -0.4 is 8.92 Å². The van der Waals surface area contributed by atoms with E-state index in [1.807, 2.05) is 6.92 Å². The molecule has 0 radical (unpaired) electrons. The van der Waals surface area contributed by atoms with Gasteiger partial charge in [-0.15, -0.1) is 0 Å². The maximum atomic E-state index is 12.9. The van der Waals surface area contributed by atoms with Crippen molar-refractivity contribution in [3.8, 4) is 11.5 Å². The zero-order valence-corrected chi connectivity index (χ0v) is 16.5. The first-order valence-corrected chi connectivity index (χ1v) is 9.73. The number of halogens is 2. The van der Waals surface area contributed by atoms with Gasteiger partial charge in [-0.3, -0.25) is 4.98 Å². The molecule has 3 aromatic rings. The number of fused-ring (bicyclic) bond motifs is 1. The van der Waals surface area contributed by atoms with Crippen LogP contribution in [0.4, 0.5) is 0 Å². The highest BCUT2D eigenvalue weighted by molar-refractivity contribution is 7.87. The average molecular weight is 412 g/mol. The Morgan fingerprint density at radius 3 is 2.42 bits per heavy atom. The van der Waals surface area contributed by atoms with Crippen LogP contribution in [-0.2, 0) is 10.1 Å². The van der Waals surface area contributed by atoms with Crippen LogP contribution in [0.25, 0.3) is 10.9 Å². The van der Waals surface area contributed by atoms with Gasteiger partial charge in [-0.25, -0.2) is 0 Å². The third kappa shape index (κ3) is 3.32. The first kappa shape index (κ1) is 18.8. The van der Waals surface area contributed by atoms with E-state index >= 15 is 0 Å². The van der Waals surface area contributed by atoms with Crippen LogP contribution >= 0.6 is 23.2 Å². The summed E-state index contributed by atoms with van der Waals surface area (Å²) in [7, 11) is -2.82. The predicted octanol–water partition coefficient (Wildman–Crippen LogP) is 4.93. The zero-order chi connectivity index (χ0) is 19.1. The number of ether oxygens (including phenoxy) is 1. The Morgan fingerprint density at radius 2 is 1.73 bits per heavy atom. The van der Waals surface area contributed by atoms with Crippen LogP contribution in [0.3, 0.4) is 0 Å². The number of rotatable bonds is 4. The molecule has 1 heterocycles. The highest BCUT2D eigenvalue weighted by atomic mass is 35.5. The average Bonchev–Trinajstić information content (AvgIpc) is 2.60. The normalized spacial score (nSPS) is 11.6. The maximum Gasteiger partial charge on any atom is 0.343 e. The van der Waals surface area contributed by atoms with E-state index in [4.69, 9.17) is 32.1 Å². The molecule has 0 spiro atoms. The summed E-state index contributed by atoms with van der Waals surface area (Å²) in [6, 6.07) is 7.97. The molecular weight excluding hydrogens is 397 g/mol. The molecule has 0 N–H and O–H groups in total. The van der Waals surface area contributed by atoms with Gasteiger partial charge in [0.1, 0.15) is 16.2 Å². The Balaban J connectivity index is 2.18. The van der Waals surface area contributed by atoms with Crippen molar-refractivity contribution in [2.24, 2.45) is 0 Å². The molecule has 8 heteroatoms. The summed E-state index contributed by atoms with van der Waals surface area (Å²) in [6.07, 6.45) is 1.51. The summed E-state index contributed by atoms with van der Waals surface area (Å²) >= 11 is 12.3. The van der Waals surface area contributed by atoms with E-state index in [0.29, 0.717) is 10.4 Å². The molecule has 0 aliphatic rings. The first-order chi connectivity index (χ1) is 12.2. The van der Waals surface area contributed by atoms with Crippen molar-refractivity contribution in [1.29, 1.82) is 0 Å². The molecule has 2 aromatic carbocycles. The number of pyridine rings is 1. The molecule has 0 amide bonds. The number of aryl methyl sites for hydroxylation is 2. The molecule has 0 aliphatic heterocycles. The second kappa shape index (κ2) is 6.95. The molecular formula is C18H15Cl2NO4S. The van der Waals surface area contributed by atoms with Crippen LogP contribution in [0.2, 0.25) is 10.0 Å². The minimum atomic E-state index is -4.21. The molecule has 136 valence electrons. The first-order valence-electron chi connectivity index (χ1n) is 7.57. The van der Waals surface area contributed by atoms with Gasteiger partial charge in [-0.05, 0) is 55.3 Å². The van der Waals surface area contributed by atoms with Crippen LogP contribution in [0.1, 0.15) is 11.1 Å². The summed E-state index contributed by atoms with van der Waals surface area (Å²) in [5.41, 5.74) is 1.95. The van der Waals surface area contributed by atoms with Gasteiger partial charge in [-0.1, -0.05) is 23.2 Å². The largest absolute Gasteiger partial charge is 0.495 e. The fourth-order valence-corrected chi connectivity index (χ4v) is 4.29. The number of nitrogens with zero attached hydrogens (tertiary/aromatic N) is 1. The third-order valence-electron chi connectivity index (χ3n) is 3.99. The molecule has 1 aromatic heterocycles. The highest BCUT2D eigenvalue weighted by Gasteiger charge is 2.26. The van der Waals surface area contributed by atoms with Crippen molar-refractivity contribution >= 4 is 44.2 Å². The molecule has 0 saturated heterocycles. The van der Waals surface area contributed by atoms with Crippen molar-refractivity contribution < 1.29 is 17.3 Å². The molecule has 0 fully saturated rings. The monoisotopic (exact) mass is 411 g/mol. The van der Waals surface area contributed by atoms with Gasteiger partial charge in [0.25, 0.3) is 0 Å². The number of aromatic nitrogens is 1. The van der Waals surface area contributed by atoms with Crippen LogP contribution in [-0.4, -0.2) is 20.5 Å². The summed E-state index contributed by atoms with van der Waals surface area (Å²) in [6.45, 7) is 3.67. The fraction of sp³-hybridized carbons (Fsp3) is 0.167. The van der Waals surface area contributed by atoms with Crippen molar-refractivity contribution in [3.05, 3.63) is 57.7 Å². The zero-order valence-electron chi connectivity index (χ0n) is 14.2. The Bertz CT molecular complexity index is 1110. The van der Waals surface area contributed by atoms with Crippen LogP contribution in [0.15, 0.2) is 41.4 Å². The second-order valence-corrected chi connectivity index (χ2v) is 8.02. The van der Waals surface area contributed by atoms with Gasteiger partial charge in [0.05, 0.1) is 17.2 Å². The molecule has 0 unspecified atom stereocenters. The Hall–Kier alpha value is -2.02. The lowest BCUT2D eigenvalue weighted by atomic mass is 10.1. The standard InChI is InChI=1S/C18H15Cl2NO4S/c1-10-7-15(24-3)16(8-11(10)2)26(22,23)25-18-14(20)9-13(19)12-5-4-6-21-17(12)18/h4-9H,1-3H3. The van der Waals surface area contributed by atoms with Crippen molar-refractivity contribution in [3.63, 3.8) is 0 Å². The van der Waals surface area contributed by atoms with Gasteiger partial charge < -0.3 is 8.92 Å². The summed E-state index contributed by atoms with van der Waals surface area (Å²) in [4.78, 5) is 4.08. The van der Waals surface area contributed by atoms with E-state index in [1.54, 1.807) is 25.1 Å². The van der Waals surface area contributed by atoms with Gasteiger partial charge in [-0.2, -0.15) is 8.42 Å². The molecule has 3 rings (SSSR count). The van der Waals surface area contributed by atoms with Gasteiger partial charge >= 0.3 is 10.1 Å². The van der Waals surface area contributed by atoms with Crippen LogP contribution in [0.5, 0.6) is 11.5 Å². The SMILES string of the molecule is COc1cc(C)c(C)cc1S(=O)(=O)Oc1c(Cl)cc(Cl)c2cccnc12. The molecule has 0 atom stereocenters. The van der Waals surface area contributed by atoms with E-state index in [2.05, 4.69) is 4.98 Å². The number of benzene rings is 2. The fourth-order valence-electron chi connectivity index (χ4n) is 2.50. The molecule has 0 aliphatic carbocycles. The van der Waals surface area contributed by atoms with E-state index < -0.39 is 10.1 Å². The molecule has 26 heavy (non-hydrogen) atoms. The summed E-state index contributed by atoms with van der Waals surface area (Å²) in [5, 5.41) is 0.940. The van der Waals surface area contributed by atoms with E-state index in [-0.39, 0.29) is 26.9 Å². The molecule has 5 nitrogen and oxygen atoms in total. The third-order valence-corrected chi connectivity index (χ3v) is 5.83. The quantitative estimate of drug-likeness (QED) is 0.569. The lowest BCUT2D eigenvalue weighted by Gasteiger charge is -2.15. The lowest BCUT2D eigenvalue weighted by Crippen LogP contribution is -2.12. The van der Waals surface area contributed by atoms with Gasteiger partial charge in [0.2, 0.25) is 0 Å². The number of methoxy groups -OCH3 is 1. The van der Waals surface area contributed by atoms with Crippen molar-refractivity contribution in [1.82, 2.24) is 4.98 Å².